The van der Waals surface area contributed by atoms with Crippen molar-refractivity contribution in [3.8, 4) is 0 Å². The van der Waals surface area contributed by atoms with Crippen molar-refractivity contribution in [2.75, 3.05) is 0 Å². The van der Waals surface area contributed by atoms with Crippen LogP contribution in [0, 0.1) is 6.92 Å². The highest BCUT2D eigenvalue weighted by atomic mass is 79.9. The Kier molecular flexibility index (Phi) is 2.96. The van der Waals surface area contributed by atoms with E-state index in [1.54, 1.807) is 11.3 Å². The summed E-state index contributed by atoms with van der Waals surface area (Å²) in [6.07, 6.45) is 0. The van der Waals surface area contributed by atoms with Crippen LogP contribution in [0.3, 0.4) is 0 Å². The van der Waals surface area contributed by atoms with E-state index < -0.39 is 0 Å². The first-order valence-corrected chi connectivity index (χ1v) is 6.47. The number of nitrogens with two attached hydrogens (primary N) is 1. The van der Waals surface area contributed by atoms with Crippen LogP contribution in [-0.4, -0.2) is 9.59 Å². The average molecular weight is 290 g/mol. The summed E-state index contributed by atoms with van der Waals surface area (Å²) in [5, 5.41) is 8.03. The molecule has 0 bridgehead atoms. The van der Waals surface area contributed by atoms with Gasteiger partial charge in [0, 0.05) is 9.85 Å². The zero-order valence-electron chi connectivity index (χ0n) is 7.40. The monoisotopic (exact) mass is 289 g/mol. The smallest absolute Gasteiger partial charge is 0.0776 e. The van der Waals surface area contributed by atoms with Gasteiger partial charge in [-0.15, -0.1) is 5.10 Å². The van der Waals surface area contributed by atoms with Gasteiger partial charge in [-0.05, 0) is 45.3 Å². The minimum absolute atomic E-state index is 0.115. The second-order valence-corrected chi connectivity index (χ2v) is 5.26. The van der Waals surface area contributed by atoms with Crippen LogP contribution in [0.2, 0.25) is 0 Å². The van der Waals surface area contributed by atoms with Crippen molar-refractivity contribution in [2.45, 2.75) is 13.0 Å². The molecule has 0 aromatic carbocycles. The molecule has 14 heavy (non-hydrogen) atoms. The molecule has 74 valence electrons. The molecule has 1 unspecified atom stereocenters. The van der Waals surface area contributed by atoms with Crippen molar-refractivity contribution in [1.29, 1.82) is 0 Å². The number of hydrogen-bond acceptors (Lipinski definition) is 5. The molecule has 0 saturated heterocycles. The lowest BCUT2D eigenvalue weighted by atomic mass is 10.1. The van der Waals surface area contributed by atoms with Gasteiger partial charge in [0.2, 0.25) is 0 Å². The van der Waals surface area contributed by atoms with Gasteiger partial charge < -0.3 is 5.73 Å². The molecule has 2 rings (SSSR count). The van der Waals surface area contributed by atoms with Gasteiger partial charge >= 0.3 is 0 Å². The number of hydrogen-bond donors (Lipinski definition) is 1. The van der Waals surface area contributed by atoms with Crippen molar-refractivity contribution in [3.05, 3.63) is 31.4 Å². The highest BCUT2D eigenvalue weighted by Crippen LogP contribution is 2.32. The first-order valence-electron chi connectivity index (χ1n) is 3.96. The molecule has 0 aliphatic heterocycles. The van der Waals surface area contributed by atoms with E-state index in [0.717, 1.165) is 20.6 Å². The van der Waals surface area contributed by atoms with Gasteiger partial charge in [0.05, 0.1) is 16.6 Å². The molecule has 2 heterocycles. The van der Waals surface area contributed by atoms with E-state index in [1.165, 1.54) is 11.5 Å². The standard InChI is InChI=1S/C8H8BrN3S2/c1-4-8(14-12-11-4)7(10)5-2-13-3-6(5)9/h2-3,7H,10H2,1H3. The molecule has 0 aliphatic carbocycles. The Morgan fingerprint density at radius 1 is 1.50 bits per heavy atom. The van der Waals surface area contributed by atoms with Crippen LogP contribution < -0.4 is 5.73 Å². The topological polar surface area (TPSA) is 51.8 Å². The van der Waals surface area contributed by atoms with Gasteiger partial charge in [-0.2, -0.15) is 11.3 Å². The summed E-state index contributed by atoms with van der Waals surface area (Å²) in [5.74, 6) is 0. The van der Waals surface area contributed by atoms with E-state index in [9.17, 15) is 0 Å². The maximum absolute atomic E-state index is 6.11. The lowest BCUT2D eigenvalue weighted by Gasteiger charge is -2.08. The summed E-state index contributed by atoms with van der Waals surface area (Å²) >= 11 is 6.47. The van der Waals surface area contributed by atoms with Crippen LogP contribution in [0.5, 0.6) is 0 Å². The zero-order chi connectivity index (χ0) is 10.1. The highest BCUT2D eigenvalue weighted by Gasteiger charge is 2.17. The SMILES string of the molecule is Cc1nnsc1C(N)c1cscc1Br. The molecule has 2 aromatic heterocycles. The van der Waals surface area contributed by atoms with Gasteiger partial charge in [-0.25, -0.2) is 0 Å². The maximum atomic E-state index is 6.11. The first kappa shape index (κ1) is 10.2. The molecule has 2 aromatic rings. The summed E-state index contributed by atoms with van der Waals surface area (Å²) in [6, 6.07) is -0.115. The van der Waals surface area contributed by atoms with Crippen LogP contribution in [0.4, 0.5) is 0 Å². The molecular weight excluding hydrogens is 282 g/mol. The van der Waals surface area contributed by atoms with Crippen molar-refractivity contribution < 1.29 is 0 Å². The van der Waals surface area contributed by atoms with E-state index in [2.05, 4.69) is 25.5 Å². The van der Waals surface area contributed by atoms with E-state index in [1.807, 2.05) is 17.7 Å². The molecule has 0 amide bonds. The third-order valence-electron chi connectivity index (χ3n) is 1.95. The number of halogens is 1. The lowest BCUT2D eigenvalue weighted by molar-refractivity contribution is 0.874. The molecule has 0 aliphatic rings. The predicted molar refractivity (Wildman–Crippen MR) is 62.7 cm³/mol. The second-order valence-electron chi connectivity index (χ2n) is 2.88. The Bertz CT molecular complexity index is 397. The fraction of sp³-hybridized carbons (Fsp3) is 0.250. The quantitative estimate of drug-likeness (QED) is 0.925. The highest BCUT2D eigenvalue weighted by molar-refractivity contribution is 9.10. The van der Waals surface area contributed by atoms with Crippen molar-refractivity contribution >= 4 is 38.8 Å². The average Bonchev–Trinajstić information content (AvgIpc) is 2.73. The Morgan fingerprint density at radius 2 is 2.29 bits per heavy atom. The maximum Gasteiger partial charge on any atom is 0.0776 e. The molecule has 0 saturated carbocycles. The van der Waals surface area contributed by atoms with Crippen LogP contribution in [0.1, 0.15) is 22.2 Å². The molecule has 0 radical (unpaired) electrons. The summed E-state index contributed by atoms with van der Waals surface area (Å²) in [7, 11) is 0. The van der Waals surface area contributed by atoms with Gasteiger partial charge in [0.15, 0.2) is 0 Å². The number of aromatic nitrogens is 2. The minimum atomic E-state index is -0.115. The third kappa shape index (κ3) is 1.75. The third-order valence-corrected chi connectivity index (χ3v) is 4.61. The van der Waals surface area contributed by atoms with Crippen LogP contribution >= 0.6 is 38.8 Å². The van der Waals surface area contributed by atoms with Crippen LogP contribution in [0.25, 0.3) is 0 Å². The Balaban J connectivity index is 2.38. The summed E-state index contributed by atoms with van der Waals surface area (Å²) < 4.78 is 4.94. The Morgan fingerprint density at radius 3 is 2.79 bits per heavy atom. The number of aryl methyl sites for hydroxylation is 1. The summed E-state index contributed by atoms with van der Waals surface area (Å²) in [5.41, 5.74) is 8.13. The van der Waals surface area contributed by atoms with Gasteiger partial charge in [0.1, 0.15) is 0 Å². The van der Waals surface area contributed by atoms with E-state index in [4.69, 9.17) is 5.73 Å². The largest absolute Gasteiger partial charge is 0.319 e. The molecule has 2 N–H and O–H groups in total. The zero-order valence-corrected chi connectivity index (χ0v) is 10.6. The van der Waals surface area contributed by atoms with Crippen molar-refractivity contribution in [2.24, 2.45) is 5.73 Å². The molecular formula is C8H8BrN3S2. The van der Waals surface area contributed by atoms with Gasteiger partial charge in [0.25, 0.3) is 0 Å². The van der Waals surface area contributed by atoms with Gasteiger partial charge in [-0.1, -0.05) is 4.49 Å². The predicted octanol–water partition coefficient (Wildman–Crippen LogP) is 2.72. The lowest BCUT2D eigenvalue weighted by Crippen LogP contribution is -2.11. The minimum Gasteiger partial charge on any atom is -0.319 e. The fourth-order valence-electron chi connectivity index (χ4n) is 1.18. The molecule has 0 fully saturated rings. The number of nitrogens with zero attached hydrogens (tertiary/aromatic N) is 2. The van der Waals surface area contributed by atoms with Crippen LogP contribution in [-0.2, 0) is 0 Å². The van der Waals surface area contributed by atoms with E-state index in [-0.39, 0.29) is 6.04 Å². The molecule has 0 spiro atoms. The second kappa shape index (κ2) is 4.06. The Labute approximate surface area is 98.3 Å². The summed E-state index contributed by atoms with van der Waals surface area (Å²) in [6.45, 7) is 1.93. The van der Waals surface area contributed by atoms with E-state index >= 15 is 0 Å². The van der Waals surface area contributed by atoms with Gasteiger partial charge in [-0.3, -0.25) is 0 Å². The first-order chi connectivity index (χ1) is 6.70. The molecule has 1 atom stereocenters. The Hall–Kier alpha value is -0.300. The fourth-order valence-corrected chi connectivity index (χ4v) is 3.42. The number of rotatable bonds is 2. The molecule has 6 heteroatoms. The molecule has 3 nitrogen and oxygen atoms in total. The number of thiophene rings is 1. The van der Waals surface area contributed by atoms with Crippen molar-refractivity contribution in [3.63, 3.8) is 0 Å². The van der Waals surface area contributed by atoms with E-state index in [0.29, 0.717) is 0 Å². The van der Waals surface area contributed by atoms with Crippen LogP contribution in [0.15, 0.2) is 15.2 Å². The summed E-state index contributed by atoms with van der Waals surface area (Å²) in [4.78, 5) is 1.03. The normalized spacial score (nSPS) is 13.1. The van der Waals surface area contributed by atoms with Crippen molar-refractivity contribution in [1.82, 2.24) is 9.59 Å².